The molecule has 0 saturated carbocycles. The van der Waals surface area contributed by atoms with E-state index >= 15 is 0 Å². The molecule has 0 amide bonds. The molecule has 1 saturated heterocycles. The molecule has 1 heterocycles. The fourth-order valence-electron chi connectivity index (χ4n) is 2.87. The fraction of sp³-hybridized carbons (Fsp3) is 0.294. The minimum absolute atomic E-state index is 0.316. The molecule has 1 aliphatic heterocycles. The average Bonchev–Trinajstić information content (AvgIpc) is 2.75. The van der Waals surface area contributed by atoms with Crippen molar-refractivity contribution in [3.05, 3.63) is 54.1 Å². The maximum Gasteiger partial charge on any atom is 0.0667 e. The highest BCUT2D eigenvalue weighted by Crippen LogP contribution is 2.29. The van der Waals surface area contributed by atoms with E-state index in [1.165, 1.54) is 11.3 Å². The van der Waals surface area contributed by atoms with Crippen LogP contribution < -0.4 is 21.7 Å². The second-order valence-electron chi connectivity index (χ2n) is 5.53. The summed E-state index contributed by atoms with van der Waals surface area (Å²) in [6.07, 6.45) is 1.13. The fourth-order valence-corrected chi connectivity index (χ4v) is 2.87. The van der Waals surface area contributed by atoms with Crippen LogP contribution in [0.1, 0.15) is 18.0 Å². The molecule has 1 aliphatic rings. The molecule has 1 unspecified atom stereocenters. The molecule has 4 heteroatoms. The van der Waals surface area contributed by atoms with Crippen LogP contribution in [0.4, 0.5) is 17.1 Å². The number of anilines is 3. The van der Waals surface area contributed by atoms with Crippen LogP contribution in [0.2, 0.25) is 0 Å². The topological polar surface area (TPSA) is 67.3 Å². The van der Waals surface area contributed by atoms with Crippen molar-refractivity contribution in [2.24, 2.45) is 0 Å². The third kappa shape index (κ3) is 3.11. The molecule has 21 heavy (non-hydrogen) atoms. The van der Waals surface area contributed by atoms with Gasteiger partial charge in [-0.15, -0.1) is 0 Å². The van der Waals surface area contributed by atoms with Crippen molar-refractivity contribution in [3.8, 4) is 0 Å². The third-order valence-electron chi connectivity index (χ3n) is 4.01. The van der Waals surface area contributed by atoms with Crippen molar-refractivity contribution in [3.63, 3.8) is 0 Å². The van der Waals surface area contributed by atoms with E-state index in [-0.39, 0.29) is 0 Å². The molecule has 0 aromatic heterocycles. The second kappa shape index (κ2) is 6.06. The van der Waals surface area contributed by atoms with Crippen LogP contribution in [0.15, 0.2) is 48.5 Å². The number of hydrogen-bond acceptors (Lipinski definition) is 4. The first kappa shape index (κ1) is 13.8. The molecule has 0 spiro atoms. The summed E-state index contributed by atoms with van der Waals surface area (Å²) < 4.78 is 0. The number of benzene rings is 2. The van der Waals surface area contributed by atoms with Crippen LogP contribution in [0.25, 0.3) is 0 Å². The molecule has 2 aromatic rings. The summed E-state index contributed by atoms with van der Waals surface area (Å²) >= 11 is 0. The van der Waals surface area contributed by atoms with E-state index in [2.05, 4.69) is 34.5 Å². The smallest absolute Gasteiger partial charge is 0.0667 e. The zero-order chi connectivity index (χ0) is 14.7. The van der Waals surface area contributed by atoms with Gasteiger partial charge in [-0.25, -0.2) is 0 Å². The summed E-state index contributed by atoms with van der Waals surface area (Å²) in [5.41, 5.74) is 15.7. The lowest BCUT2D eigenvalue weighted by Crippen LogP contribution is -2.32. The second-order valence-corrected chi connectivity index (χ2v) is 5.53. The van der Waals surface area contributed by atoms with Crippen LogP contribution >= 0.6 is 0 Å². The standard InChI is InChI=1S/C17H22N4/c18-14-4-2-13(3-5-14)17-12-20-10-1-11-21(17)16-8-6-15(19)7-9-16/h2-9,17,20H,1,10-12,18-19H2. The lowest BCUT2D eigenvalue weighted by molar-refractivity contribution is 0.617. The summed E-state index contributed by atoms with van der Waals surface area (Å²) in [6, 6.07) is 16.6. The van der Waals surface area contributed by atoms with Gasteiger partial charge in [-0.05, 0) is 54.9 Å². The van der Waals surface area contributed by atoms with Gasteiger partial charge in [-0.3, -0.25) is 0 Å². The van der Waals surface area contributed by atoms with Gasteiger partial charge in [0.2, 0.25) is 0 Å². The molecule has 0 radical (unpaired) electrons. The van der Waals surface area contributed by atoms with Crippen molar-refractivity contribution in [2.75, 3.05) is 36.0 Å². The van der Waals surface area contributed by atoms with E-state index in [4.69, 9.17) is 11.5 Å². The Morgan fingerprint density at radius 2 is 1.52 bits per heavy atom. The quantitative estimate of drug-likeness (QED) is 0.740. The maximum absolute atomic E-state index is 5.81. The predicted octanol–water partition coefficient (Wildman–Crippen LogP) is 2.39. The molecular weight excluding hydrogens is 260 g/mol. The van der Waals surface area contributed by atoms with Gasteiger partial charge in [0.05, 0.1) is 6.04 Å². The van der Waals surface area contributed by atoms with Gasteiger partial charge in [-0.1, -0.05) is 12.1 Å². The van der Waals surface area contributed by atoms with Crippen LogP contribution in [0.5, 0.6) is 0 Å². The van der Waals surface area contributed by atoms with Crippen molar-refractivity contribution >= 4 is 17.1 Å². The zero-order valence-corrected chi connectivity index (χ0v) is 12.1. The summed E-state index contributed by atoms with van der Waals surface area (Å²) in [7, 11) is 0. The minimum atomic E-state index is 0.316. The Kier molecular flexibility index (Phi) is 3.97. The van der Waals surface area contributed by atoms with E-state index in [1.807, 2.05) is 24.3 Å². The predicted molar refractivity (Wildman–Crippen MR) is 89.3 cm³/mol. The number of rotatable bonds is 2. The summed E-state index contributed by atoms with van der Waals surface area (Å²) in [5, 5.41) is 3.52. The van der Waals surface area contributed by atoms with E-state index in [0.717, 1.165) is 37.4 Å². The molecule has 3 rings (SSSR count). The van der Waals surface area contributed by atoms with Gasteiger partial charge in [0, 0.05) is 30.2 Å². The normalized spacial score (nSPS) is 19.2. The zero-order valence-electron chi connectivity index (χ0n) is 12.1. The number of nitrogens with one attached hydrogen (secondary N) is 1. The number of nitrogens with two attached hydrogens (primary N) is 2. The van der Waals surface area contributed by atoms with E-state index in [0.29, 0.717) is 6.04 Å². The van der Waals surface area contributed by atoms with Gasteiger partial charge < -0.3 is 21.7 Å². The van der Waals surface area contributed by atoms with Gasteiger partial charge in [0.15, 0.2) is 0 Å². The first-order valence-corrected chi connectivity index (χ1v) is 7.42. The molecule has 110 valence electrons. The van der Waals surface area contributed by atoms with Crippen LogP contribution in [0.3, 0.4) is 0 Å². The Morgan fingerprint density at radius 1 is 0.905 bits per heavy atom. The lowest BCUT2D eigenvalue weighted by Gasteiger charge is -2.32. The number of nitrogen functional groups attached to an aromatic ring is 2. The molecule has 5 N–H and O–H groups in total. The van der Waals surface area contributed by atoms with E-state index < -0.39 is 0 Å². The van der Waals surface area contributed by atoms with Crippen molar-refractivity contribution in [1.29, 1.82) is 0 Å². The molecular formula is C17H22N4. The minimum Gasteiger partial charge on any atom is -0.399 e. The van der Waals surface area contributed by atoms with Crippen LogP contribution in [-0.4, -0.2) is 19.6 Å². The number of nitrogens with zero attached hydrogens (tertiary/aromatic N) is 1. The molecule has 0 bridgehead atoms. The highest BCUT2D eigenvalue weighted by molar-refractivity contribution is 5.55. The summed E-state index contributed by atoms with van der Waals surface area (Å²) in [4.78, 5) is 2.45. The molecule has 1 atom stereocenters. The Bertz CT molecular complexity index is 523. The lowest BCUT2D eigenvalue weighted by atomic mass is 10.0. The first-order valence-electron chi connectivity index (χ1n) is 7.42. The Morgan fingerprint density at radius 3 is 2.19 bits per heavy atom. The SMILES string of the molecule is Nc1ccc(C2CNCCCN2c2ccc(N)cc2)cc1. The van der Waals surface area contributed by atoms with E-state index in [9.17, 15) is 0 Å². The Balaban J connectivity index is 1.93. The largest absolute Gasteiger partial charge is 0.399 e. The summed E-state index contributed by atoms with van der Waals surface area (Å²) in [5.74, 6) is 0. The average molecular weight is 282 g/mol. The summed E-state index contributed by atoms with van der Waals surface area (Å²) in [6.45, 7) is 3.03. The molecule has 2 aromatic carbocycles. The van der Waals surface area contributed by atoms with Crippen LogP contribution in [0, 0.1) is 0 Å². The highest BCUT2D eigenvalue weighted by Gasteiger charge is 2.22. The molecule has 0 aliphatic carbocycles. The van der Waals surface area contributed by atoms with Crippen LogP contribution in [-0.2, 0) is 0 Å². The first-order chi connectivity index (χ1) is 10.2. The van der Waals surface area contributed by atoms with Crippen molar-refractivity contribution in [2.45, 2.75) is 12.5 Å². The monoisotopic (exact) mass is 282 g/mol. The van der Waals surface area contributed by atoms with Gasteiger partial charge in [0.25, 0.3) is 0 Å². The van der Waals surface area contributed by atoms with Gasteiger partial charge in [-0.2, -0.15) is 0 Å². The Hall–Kier alpha value is -2.20. The highest BCUT2D eigenvalue weighted by atomic mass is 15.2. The van der Waals surface area contributed by atoms with Crippen molar-refractivity contribution < 1.29 is 0 Å². The Labute approximate surface area is 125 Å². The molecule has 1 fully saturated rings. The third-order valence-corrected chi connectivity index (χ3v) is 4.01. The molecule has 4 nitrogen and oxygen atoms in total. The van der Waals surface area contributed by atoms with E-state index in [1.54, 1.807) is 0 Å². The maximum atomic E-state index is 5.81. The number of hydrogen-bond donors (Lipinski definition) is 3. The van der Waals surface area contributed by atoms with Gasteiger partial charge in [0.1, 0.15) is 0 Å². The van der Waals surface area contributed by atoms with Gasteiger partial charge >= 0.3 is 0 Å². The van der Waals surface area contributed by atoms with Crippen molar-refractivity contribution in [1.82, 2.24) is 5.32 Å².